The molecule has 1 N–H and O–H groups in total. The van der Waals surface area contributed by atoms with Crippen LogP contribution in [0.25, 0.3) is 0 Å². The summed E-state index contributed by atoms with van der Waals surface area (Å²) in [7, 11) is 0. The van der Waals surface area contributed by atoms with Gasteiger partial charge in [-0.05, 0) is 47.4 Å². The molecule has 0 bridgehead atoms. The van der Waals surface area contributed by atoms with Gasteiger partial charge >= 0.3 is 0 Å². The number of nitrogens with zero attached hydrogens (tertiary/aromatic N) is 1. The minimum Gasteiger partial charge on any atom is -0.467 e. The van der Waals surface area contributed by atoms with Gasteiger partial charge < -0.3 is 14.5 Å². The van der Waals surface area contributed by atoms with Gasteiger partial charge in [0.15, 0.2) is 0 Å². The molecule has 2 fully saturated rings. The van der Waals surface area contributed by atoms with Gasteiger partial charge in [-0.3, -0.25) is 9.69 Å². The van der Waals surface area contributed by atoms with Crippen molar-refractivity contribution < 1.29 is 13.9 Å². The predicted octanol–water partition coefficient (Wildman–Crippen LogP) is 2.64. The van der Waals surface area contributed by atoms with Crippen LogP contribution in [0.3, 0.4) is 0 Å². The van der Waals surface area contributed by atoms with E-state index in [1.165, 1.54) is 5.56 Å². The summed E-state index contributed by atoms with van der Waals surface area (Å²) in [5.41, 5.74) is 1.32. The SMILES string of the molecule is O=C(NCc1ccco1)[C@H]1C[C@@H]2OCC[C@@H]2N(Cc2ccsc2)C1. The Morgan fingerprint density at radius 1 is 1.42 bits per heavy atom. The molecule has 2 aromatic rings. The van der Waals surface area contributed by atoms with Crippen molar-refractivity contribution in [3.8, 4) is 0 Å². The Balaban J connectivity index is 1.40. The van der Waals surface area contributed by atoms with Crippen molar-refractivity contribution in [2.24, 2.45) is 5.92 Å². The zero-order chi connectivity index (χ0) is 16.4. The molecule has 0 aliphatic carbocycles. The summed E-state index contributed by atoms with van der Waals surface area (Å²) in [5.74, 6) is 0.845. The Hall–Kier alpha value is -1.63. The molecule has 6 heteroatoms. The van der Waals surface area contributed by atoms with Crippen molar-refractivity contribution in [3.05, 3.63) is 46.5 Å². The number of ether oxygens (including phenoxy) is 1. The highest BCUT2D eigenvalue weighted by atomic mass is 32.1. The van der Waals surface area contributed by atoms with Gasteiger partial charge in [-0.15, -0.1) is 0 Å². The minimum atomic E-state index is -0.0297. The molecule has 2 aromatic heterocycles. The number of likely N-dealkylation sites (tertiary alicyclic amines) is 1. The first-order chi connectivity index (χ1) is 11.8. The molecule has 0 aromatic carbocycles. The quantitative estimate of drug-likeness (QED) is 0.904. The van der Waals surface area contributed by atoms with Gasteiger partial charge in [-0.25, -0.2) is 0 Å². The second kappa shape index (κ2) is 7.09. The fraction of sp³-hybridized carbons (Fsp3) is 0.500. The maximum absolute atomic E-state index is 12.6. The van der Waals surface area contributed by atoms with Crippen LogP contribution in [0.4, 0.5) is 0 Å². The van der Waals surface area contributed by atoms with E-state index in [1.54, 1.807) is 17.6 Å². The molecule has 24 heavy (non-hydrogen) atoms. The number of hydrogen-bond acceptors (Lipinski definition) is 5. The standard InChI is InChI=1S/C18H22N2O3S/c21-18(19-9-15-2-1-5-22-15)14-8-17-16(3-6-23-17)20(11-14)10-13-4-7-24-12-13/h1-2,4-5,7,12,14,16-17H,3,6,8-11H2,(H,19,21)/t14-,16-,17-/m0/s1. The van der Waals surface area contributed by atoms with Crippen LogP contribution < -0.4 is 5.32 Å². The van der Waals surface area contributed by atoms with Crippen molar-refractivity contribution in [2.75, 3.05) is 13.2 Å². The number of rotatable bonds is 5. The van der Waals surface area contributed by atoms with Crippen LogP contribution in [-0.4, -0.2) is 36.1 Å². The molecule has 1 amide bonds. The molecular weight excluding hydrogens is 324 g/mol. The summed E-state index contributed by atoms with van der Waals surface area (Å²) in [6.45, 7) is 2.94. The molecule has 2 aliphatic rings. The molecule has 0 spiro atoms. The summed E-state index contributed by atoms with van der Waals surface area (Å²) in [6, 6.07) is 6.32. The largest absolute Gasteiger partial charge is 0.467 e. The summed E-state index contributed by atoms with van der Waals surface area (Å²) in [4.78, 5) is 15.0. The van der Waals surface area contributed by atoms with Gasteiger partial charge in [0.05, 0.1) is 24.8 Å². The van der Waals surface area contributed by atoms with Gasteiger partial charge in [-0.1, -0.05) is 0 Å². The smallest absolute Gasteiger partial charge is 0.224 e. The number of piperidine rings is 1. The van der Waals surface area contributed by atoms with Crippen molar-refractivity contribution in [2.45, 2.75) is 38.1 Å². The number of thiophene rings is 1. The predicted molar refractivity (Wildman–Crippen MR) is 91.5 cm³/mol. The number of hydrogen-bond donors (Lipinski definition) is 1. The average Bonchev–Trinajstić information content (AvgIpc) is 3.33. The van der Waals surface area contributed by atoms with E-state index in [4.69, 9.17) is 9.15 Å². The van der Waals surface area contributed by atoms with E-state index in [-0.39, 0.29) is 17.9 Å². The first-order valence-corrected chi connectivity index (χ1v) is 9.40. The highest BCUT2D eigenvalue weighted by Crippen LogP contribution is 2.32. The zero-order valence-corrected chi connectivity index (χ0v) is 14.3. The second-order valence-corrected chi connectivity index (χ2v) is 7.34. The summed E-state index contributed by atoms with van der Waals surface area (Å²) >= 11 is 1.72. The van der Waals surface area contributed by atoms with E-state index in [9.17, 15) is 4.79 Å². The normalized spacial score (nSPS) is 27.1. The van der Waals surface area contributed by atoms with E-state index in [1.807, 2.05) is 12.1 Å². The molecule has 0 radical (unpaired) electrons. The molecule has 3 atom stereocenters. The van der Waals surface area contributed by atoms with Crippen LogP contribution in [0.1, 0.15) is 24.2 Å². The molecule has 4 rings (SSSR count). The zero-order valence-electron chi connectivity index (χ0n) is 13.5. The first kappa shape index (κ1) is 15.9. The number of nitrogens with one attached hydrogen (secondary N) is 1. The summed E-state index contributed by atoms with van der Waals surface area (Å²) < 4.78 is 11.2. The lowest BCUT2D eigenvalue weighted by molar-refractivity contribution is -0.130. The maximum Gasteiger partial charge on any atom is 0.224 e. The maximum atomic E-state index is 12.6. The molecule has 0 unspecified atom stereocenters. The fourth-order valence-corrected chi connectivity index (χ4v) is 4.43. The number of fused-ring (bicyclic) bond motifs is 1. The Bertz CT molecular complexity index is 656. The highest BCUT2D eigenvalue weighted by Gasteiger charge is 2.42. The monoisotopic (exact) mass is 346 g/mol. The third kappa shape index (κ3) is 3.41. The second-order valence-electron chi connectivity index (χ2n) is 6.56. The summed E-state index contributed by atoms with van der Waals surface area (Å²) in [5, 5.41) is 7.29. The lowest BCUT2D eigenvalue weighted by Gasteiger charge is -2.40. The molecule has 128 valence electrons. The van der Waals surface area contributed by atoms with Crippen molar-refractivity contribution >= 4 is 17.2 Å². The van der Waals surface area contributed by atoms with Crippen LogP contribution in [0.15, 0.2) is 39.6 Å². The Kier molecular flexibility index (Phi) is 4.69. The lowest BCUT2D eigenvalue weighted by atomic mass is 9.89. The number of furan rings is 1. The molecular formula is C18H22N2O3S. The van der Waals surface area contributed by atoms with Crippen molar-refractivity contribution in [1.29, 1.82) is 0 Å². The minimum absolute atomic E-state index is 0.0297. The Labute approximate surface area is 145 Å². The van der Waals surface area contributed by atoms with E-state index in [0.717, 1.165) is 38.3 Å². The van der Waals surface area contributed by atoms with E-state index < -0.39 is 0 Å². The molecule has 4 heterocycles. The number of carbonyl (C=O) groups is 1. The van der Waals surface area contributed by atoms with Crippen molar-refractivity contribution in [3.63, 3.8) is 0 Å². The third-order valence-electron chi connectivity index (χ3n) is 4.97. The topological polar surface area (TPSA) is 54.7 Å². The number of amides is 1. The van der Waals surface area contributed by atoms with Crippen LogP contribution >= 0.6 is 11.3 Å². The fourth-order valence-electron chi connectivity index (χ4n) is 3.77. The van der Waals surface area contributed by atoms with Crippen molar-refractivity contribution in [1.82, 2.24) is 10.2 Å². The van der Waals surface area contributed by atoms with Crippen LogP contribution in [0.2, 0.25) is 0 Å². The van der Waals surface area contributed by atoms with Gasteiger partial charge in [-0.2, -0.15) is 11.3 Å². The van der Waals surface area contributed by atoms with Gasteiger partial charge in [0.2, 0.25) is 5.91 Å². The average molecular weight is 346 g/mol. The Morgan fingerprint density at radius 3 is 3.17 bits per heavy atom. The Morgan fingerprint density at radius 2 is 2.38 bits per heavy atom. The van der Waals surface area contributed by atoms with E-state index >= 15 is 0 Å². The van der Waals surface area contributed by atoms with Crippen LogP contribution in [0.5, 0.6) is 0 Å². The lowest BCUT2D eigenvalue weighted by Crippen LogP contribution is -2.52. The van der Waals surface area contributed by atoms with Crippen LogP contribution in [0, 0.1) is 5.92 Å². The highest BCUT2D eigenvalue weighted by molar-refractivity contribution is 7.07. The van der Waals surface area contributed by atoms with Gasteiger partial charge in [0, 0.05) is 25.7 Å². The number of carbonyl (C=O) groups excluding carboxylic acids is 1. The van der Waals surface area contributed by atoms with Crippen LogP contribution in [-0.2, 0) is 22.6 Å². The third-order valence-corrected chi connectivity index (χ3v) is 5.70. The molecule has 2 aliphatic heterocycles. The van der Waals surface area contributed by atoms with E-state index in [0.29, 0.717) is 12.6 Å². The molecule has 0 saturated carbocycles. The van der Waals surface area contributed by atoms with Gasteiger partial charge in [0.1, 0.15) is 5.76 Å². The first-order valence-electron chi connectivity index (χ1n) is 8.46. The van der Waals surface area contributed by atoms with E-state index in [2.05, 4.69) is 27.0 Å². The van der Waals surface area contributed by atoms with Gasteiger partial charge in [0.25, 0.3) is 0 Å². The molecule has 5 nitrogen and oxygen atoms in total. The summed E-state index contributed by atoms with van der Waals surface area (Å²) in [6.07, 6.45) is 3.68. The molecule has 2 saturated heterocycles.